The molecule has 7 heteroatoms. The van der Waals surface area contributed by atoms with E-state index in [0.717, 1.165) is 11.3 Å². The minimum atomic E-state index is -0.402. The fraction of sp³-hybridized carbons (Fsp3) is 0.158. The zero-order valence-electron chi connectivity index (χ0n) is 14.7. The number of nitrogens with zero attached hydrogens (tertiary/aromatic N) is 1. The highest BCUT2D eigenvalue weighted by atomic mass is 32.1. The van der Waals surface area contributed by atoms with Gasteiger partial charge in [-0.05, 0) is 19.1 Å². The Hall–Kier alpha value is -3.06. The van der Waals surface area contributed by atoms with Crippen LogP contribution < -0.4 is 20.1 Å². The second-order valence-electron chi connectivity index (χ2n) is 5.52. The molecule has 26 heavy (non-hydrogen) atoms. The Morgan fingerprint density at radius 3 is 2.50 bits per heavy atom. The number of ether oxygens (including phenoxy) is 2. The summed E-state index contributed by atoms with van der Waals surface area (Å²) in [6, 6.07) is 13.0. The topological polar surface area (TPSA) is 72.5 Å². The van der Waals surface area contributed by atoms with Crippen molar-refractivity contribution >= 4 is 28.2 Å². The molecular formula is C19H19N3O3S. The maximum absolute atomic E-state index is 12.3. The number of anilines is 2. The maximum Gasteiger partial charge on any atom is 0.325 e. The Kier molecular flexibility index (Phi) is 5.38. The molecule has 0 fully saturated rings. The number of carbonyl (C=O) groups excluding carboxylic acids is 1. The summed E-state index contributed by atoms with van der Waals surface area (Å²) < 4.78 is 10.5. The third kappa shape index (κ3) is 3.94. The fourth-order valence-electron chi connectivity index (χ4n) is 2.42. The monoisotopic (exact) mass is 369 g/mol. The van der Waals surface area contributed by atoms with Crippen LogP contribution in [0.15, 0.2) is 47.8 Å². The molecule has 0 bridgehead atoms. The largest absolute Gasteiger partial charge is 0.493 e. The van der Waals surface area contributed by atoms with Crippen molar-refractivity contribution in [3.63, 3.8) is 0 Å². The second kappa shape index (κ2) is 7.88. The van der Waals surface area contributed by atoms with E-state index in [1.165, 1.54) is 24.0 Å². The lowest BCUT2D eigenvalue weighted by atomic mass is 10.1. The Morgan fingerprint density at radius 2 is 1.81 bits per heavy atom. The van der Waals surface area contributed by atoms with Crippen molar-refractivity contribution in [3.05, 3.63) is 53.4 Å². The van der Waals surface area contributed by atoms with Crippen LogP contribution in [0.25, 0.3) is 11.3 Å². The third-order valence-electron chi connectivity index (χ3n) is 3.72. The molecule has 2 amide bonds. The van der Waals surface area contributed by atoms with Crippen molar-refractivity contribution in [1.29, 1.82) is 0 Å². The SMILES string of the molecule is COc1cccc(NC(=O)Nc2nc(-c3ccc(C)cc3)cs2)c1OC. The van der Waals surface area contributed by atoms with E-state index in [9.17, 15) is 4.79 Å². The molecule has 0 atom stereocenters. The number of thiazole rings is 1. The Balaban J connectivity index is 1.70. The Bertz CT molecular complexity index is 907. The van der Waals surface area contributed by atoms with Gasteiger partial charge in [0.15, 0.2) is 16.6 Å². The van der Waals surface area contributed by atoms with Gasteiger partial charge in [-0.3, -0.25) is 5.32 Å². The lowest BCUT2D eigenvalue weighted by Gasteiger charge is -2.13. The van der Waals surface area contributed by atoms with Crippen LogP contribution in [-0.2, 0) is 0 Å². The highest BCUT2D eigenvalue weighted by molar-refractivity contribution is 7.14. The predicted molar refractivity (Wildman–Crippen MR) is 104 cm³/mol. The van der Waals surface area contributed by atoms with E-state index in [0.29, 0.717) is 22.3 Å². The van der Waals surface area contributed by atoms with E-state index < -0.39 is 6.03 Å². The molecule has 1 heterocycles. The van der Waals surface area contributed by atoms with E-state index in [2.05, 4.69) is 15.6 Å². The van der Waals surface area contributed by atoms with Crippen LogP contribution in [0.3, 0.4) is 0 Å². The van der Waals surface area contributed by atoms with E-state index in [1.54, 1.807) is 25.3 Å². The van der Waals surface area contributed by atoms with E-state index in [1.807, 2.05) is 36.6 Å². The number of aryl methyl sites for hydroxylation is 1. The van der Waals surface area contributed by atoms with Crippen LogP contribution in [0.5, 0.6) is 11.5 Å². The van der Waals surface area contributed by atoms with Crippen LogP contribution in [0.1, 0.15) is 5.56 Å². The van der Waals surface area contributed by atoms with Gasteiger partial charge in [0.05, 0.1) is 25.6 Å². The summed E-state index contributed by atoms with van der Waals surface area (Å²) in [5, 5.41) is 7.92. The maximum atomic E-state index is 12.3. The fourth-order valence-corrected chi connectivity index (χ4v) is 3.14. The molecular weight excluding hydrogens is 350 g/mol. The highest BCUT2D eigenvalue weighted by Gasteiger charge is 2.13. The number of benzene rings is 2. The van der Waals surface area contributed by atoms with Gasteiger partial charge in [0, 0.05) is 10.9 Å². The summed E-state index contributed by atoms with van der Waals surface area (Å²) in [4.78, 5) is 16.7. The summed E-state index contributed by atoms with van der Waals surface area (Å²) in [5.74, 6) is 1.01. The van der Waals surface area contributed by atoms with Crippen molar-refractivity contribution in [1.82, 2.24) is 4.98 Å². The number of nitrogens with one attached hydrogen (secondary N) is 2. The molecule has 2 N–H and O–H groups in total. The minimum Gasteiger partial charge on any atom is -0.493 e. The number of hydrogen-bond donors (Lipinski definition) is 2. The Labute approximate surface area is 155 Å². The number of urea groups is 1. The van der Waals surface area contributed by atoms with Crippen LogP contribution in [0.4, 0.5) is 15.6 Å². The third-order valence-corrected chi connectivity index (χ3v) is 4.48. The predicted octanol–water partition coefficient (Wildman–Crippen LogP) is 4.78. The van der Waals surface area contributed by atoms with Crippen LogP contribution in [0, 0.1) is 6.92 Å². The average Bonchev–Trinajstić information content (AvgIpc) is 3.10. The van der Waals surface area contributed by atoms with Crippen molar-refractivity contribution in [2.24, 2.45) is 0 Å². The van der Waals surface area contributed by atoms with Gasteiger partial charge in [-0.2, -0.15) is 0 Å². The summed E-state index contributed by atoms with van der Waals surface area (Å²) >= 11 is 1.37. The van der Waals surface area contributed by atoms with Gasteiger partial charge in [0.2, 0.25) is 0 Å². The van der Waals surface area contributed by atoms with Gasteiger partial charge in [-0.1, -0.05) is 35.9 Å². The average molecular weight is 369 g/mol. The first-order chi connectivity index (χ1) is 12.6. The van der Waals surface area contributed by atoms with Gasteiger partial charge in [-0.25, -0.2) is 9.78 Å². The first kappa shape index (κ1) is 17.8. The van der Waals surface area contributed by atoms with Crippen molar-refractivity contribution < 1.29 is 14.3 Å². The molecule has 0 saturated heterocycles. The van der Waals surface area contributed by atoms with Crippen LogP contribution >= 0.6 is 11.3 Å². The van der Waals surface area contributed by atoms with Gasteiger partial charge in [-0.15, -0.1) is 11.3 Å². The molecule has 0 spiro atoms. The summed E-state index contributed by atoms with van der Waals surface area (Å²) in [5.41, 5.74) is 3.53. The standard InChI is InChI=1S/C19H19N3O3S/c1-12-7-9-13(10-8-12)15-11-26-19(21-15)22-18(23)20-14-5-4-6-16(24-2)17(14)25-3/h4-11H,1-3H3,(H2,20,21,22,23). The van der Waals surface area contributed by atoms with Crippen LogP contribution in [-0.4, -0.2) is 25.2 Å². The molecule has 0 saturated carbocycles. The summed E-state index contributed by atoms with van der Waals surface area (Å²) in [6.07, 6.45) is 0. The number of para-hydroxylation sites is 1. The van der Waals surface area contributed by atoms with Crippen LogP contribution in [0.2, 0.25) is 0 Å². The number of rotatable bonds is 5. The van der Waals surface area contributed by atoms with E-state index in [-0.39, 0.29) is 0 Å². The molecule has 0 unspecified atom stereocenters. The molecule has 1 aromatic heterocycles. The van der Waals surface area contributed by atoms with Crippen molar-refractivity contribution in [2.45, 2.75) is 6.92 Å². The zero-order chi connectivity index (χ0) is 18.5. The van der Waals surface area contributed by atoms with Gasteiger partial charge in [0.25, 0.3) is 0 Å². The number of carbonyl (C=O) groups is 1. The van der Waals surface area contributed by atoms with E-state index in [4.69, 9.17) is 9.47 Å². The molecule has 6 nitrogen and oxygen atoms in total. The van der Waals surface area contributed by atoms with Gasteiger partial charge >= 0.3 is 6.03 Å². The summed E-state index contributed by atoms with van der Waals surface area (Å²) in [7, 11) is 3.07. The zero-order valence-corrected chi connectivity index (χ0v) is 15.5. The van der Waals surface area contributed by atoms with Crippen molar-refractivity contribution in [2.75, 3.05) is 24.9 Å². The number of hydrogen-bond acceptors (Lipinski definition) is 5. The molecule has 3 rings (SSSR count). The molecule has 0 radical (unpaired) electrons. The first-order valence-corrected chi connectivity index (χ1v) is 8.80. The molecule has 0 aliphatic rings. The van der Waals surface area contributed by atoms with Gasteiger partial charge in [0.1, 0.15) is 0 Å². The molecule has 3 aromatic rings. The minimum absolute atomic E-state index is 0.402. The number of aromatic nitrogens is 1. The molecule has 0 aliphatic carbocycles. The summed E-state index contributed by atoms with van der Waals surface area (Å²) in [6.45, 7) is 2.04. The Morgan fingerprint density at radius 1 is 1.04 bits per heavy atom. The lowest BCUT2D eigenvalue weighted by molar-refractivity contribution is 0.262. The normalized spacial score (nSPS) is 10.3. The molecule has 0 aliphatic heterocycles. The second-order valence-corrected chi connectivity index (χ2v) is 6.38. The quantitative estimate of drug-likeness (QED) is 0.679. The van der Waals surface area contributed by atoms with E-state index >= 15 is 0 Å². The highest BCUT2D eigenvalue weighted by Crippen LogP contribution is 2.34. The first-order valence-electron chi connectivity index (χ1n) is 7.92. The smallest absolute Gasteiger partial charge is 0.325 e. The molecule has 2 aromatic carbocycles. The number of methoxy groups -OCH3 is 2. The molecule has 134 valence electrons. The lowest BCUT2D eigenvalue weighted by Crippen LogP contribution is -2.19. The van der Waals surface area contributed by atoms with Gasteiger partial charge < -0.3 is 14.8 Å². The number of amides is 2. The van der Waals surface area contributed by atoms with Crippen molar-refractivity contribution in [3.8, 4) is 22.8 Å².